The first-order valence-electron chi connectivity index (χ1n) is 11.6. The van der Waals surface area contributed by atoms with Gasteiger partial charge in [0, 0.05) is 37.1 Å². The number of fused-ring (bicyclic) bond motifs is 2. The third-order valence-corrected chi connectivity index (χ3v) is 8.80. The van der Waals surface area contributed by atoms with Crippen LogP contribution in [0.5, 0.6) is 0 Å². The van der Waals surface area contributed by atoms with Gasteiger partial charge >= 0.3 is 0 Å². The van der Waals surface area contributed by atoms with Crippen molar-refractivity contribution < 1.29 is 4.74 Å². The summed E-state index contributed by atoms with van der Waals surface area (Å²) in [6.45, 7) is 5.42. The van der Waals surface area contributed by atoms with Gasteiger partial charge in [-0.15, -0.1) is 11.3 Å². The Morgan fingerprint density at radius 3 is 2.85 bits per heavy atom. The average Bonchev–Trinajstić information content (AvgIpc) is 3.52. The van der Waals surface area contributed by atoms with Crippen molar-refractivity contribution in [2.24, 2.45) is 11.1 Å². The predicted octanol–water partition coefficient (Wildman–Crippen LogP) is 4.56. The maximum absolute atomic E-state index is 10.6. The van der Waals surface area contributed by atoms with Gasteiger partial charge in [-0.05, 0) is 42.8 Å². The van der Waals surface area contributed by atoms with Crippen molar-refractivity contribution in [1.82, 2.24) is 24.5 Å². The molecule has 2 saturated heterocycles. The molecule has 6 rings (SSSR count). The molecule has 4 aromatic rings. The molecule has 34 heavy (non-hydrogen) atoms. The molecule has 9 nitrogen and oxygen atoms in total. The van der Waals surface area contributed by atoms with Crippen LogP contribution in [0.4, 0.5) is 5.82 Å². The van der Waals surface area contributed by atoms with Crippen molar-refractivity contribution in [3.63, 3.8) is 0 Å². The molecule has 3 aromatic heterocycles. The molecule has 0 amide bonds. The first-order valence-corrected chi connectivity index (χ1v) is 13.2. The lowest BCUT2D eigenvalue weighted by Gasteiger charge is -2.29. The Hall–Kier alpha value is -2.60. The van der Waals surface area contributed by atoms with E-state index in [2.05, 4.69) is 36.7 Å². The van der Waals surface area contributed by atoms with Gasteiger partial charge in [-0.1, -0.05) is 17.3 Å². The topological polar surface area (TPSA) is 99.6 Å². The van der Waals surface area contributed by atoms with Crippen LogP contribution in [-0.4, -0.2) is 70.4 Å². The van der Waals surface area contributed by atoms with Crippen LogP contribution in [0.15, 0.2) is 39.8 Å². The zero-order chi connectivity index (χ0) is 22.9. The normalized spacial score (nSPS) is 18.2. The molecule has 1 aromatic carbocycles. The molecule has 2 aliphatic heterocycles. The van der Waals surface area contributed by atoms with Crippen molar-refractivity contribution in [3.8, 4) is 11.4 Å². The fourth-order valence-corrected chi connectivity index (χ4v) is 7.00. The van der Waals surface area contributed by atoms with Crippen molar-refractivity contribution in [2.45, 2.75) is 17.1 Å². The largest absolute Gasteiger partial charge is 0.378 e. The number of anilines is 1. The molecule has 0 radical (unpaired) electrons. The van der Waals surface area contributed by atoms with E-state index in [0.717, 1.165) is 77.3 Å². The van der Waals surface area contributed by atoms with Crippen LogP contribution in [0.2, 0.25) is 0 Å². The zero-order valence-corrected chi connectivity index (χ0v) is 20.3. The van der Waals surface area contributed by atoms with Crippen LogP contribution in [0.25, 0.3) is 32.5 Å². The maximum atomic E-state index is 10.6. The number of benzene rings is 1. The molecule has 2 aliphatic rings. The van der Waals surface area contributed by atoms with E-state index < -0.39 is 0 Å². The first kappa shape index (κ1) is 21.9. The highest BCUT2D eigenvalue weighted by Gasteiger charge is 2.24. The molecule has 5 heterocycles. The van der Waals surface area contributed by atoms with Gasteiger partial charge in [-0.3, -0.25) is 5.10 Å². The quantitative estimate of drug-likeness (QED) is 0.307. The molecular weight excluding hydrogens is 470 g/mol. The highest BCUT2D eigenvalue weighted by atomic mass is 32.2. The van der Waals surface area contributed by atoms with Gasteiger partial charge in [0.25, 0.3) is 0 Å². The summed E-state index contributed by atoms with van der Waals surface area (Å²) in [4.78, 5) is 23.0. The lowest BCUT2D eigenvalue weighted by Crippen LogP contribution is -2.36. The average molecular weight is 496 g/mol. The van der Waals surface area contributed by atoms with Crippen molar-refractivity contribution in [2.75, 3.05) is 50.8 Å². The van der Waals surface area contributed by atoms with E-state index in [4.69, 9.17) is 14.7 Å². The number of aromatic amines is 1. The number of morpholine rings is 1. The van der Waals surface area contributed by atoms with Crippen LogP contribution in [0.3, 0.4) is 0 Å². The molecule has 0 aliphatic carbocycles. The molecule has 0 bridgehead atoms. The second-order valence-electron chi connectivity index (χ2n) is 8.66. The number of thiophene rings is 1. The number of hydrogen-bond acceptors (Lipinski definition) is 10. The number of nitroso groups, excluding NO2 is 1. The number of H-pyrrole nitrogens is 1. The van der Waals surface area contributed by atoms with Crippen molar-refractivity contribution >= 4 is 50.2 Å². The minimum absolute atomic E-state index is 0.420. The standard InChI is InChI=1S/C23H25N7O2S2/c31-25-13-15-4-6-30(7-5-15)34-20-12-19-21(33-20)23(29-8-10-32-11-9-29)27-22(26-19)16-2-1-3-18-17(16)14-24-28-18/h1-3,12,14-15H,4-11,13H2,(H,24,28). The lowest BCUT2D eigenvalue weighted by molar-refractivity contribution is 0.122. The molecule has 0 saturated carbocycles. The molecule has 0 atom stereocenters. The molecule has 2 fully saturated rings. The fraction of sp³-hybridized carbons (Fsp3) is 0.435. The van der Waals surface area contributed by atoms with E-state index in [1.54, 1.807) is 23.3 Å². The summed E-state index contributed by atoms with van der Waals surface area (Å²) in [5.41, 5.74) is 2.93. The Morgan fingerprint density at radius 1 is 1.18 bits per heavy atom. The Balaban J connectivity index is 1.36. The Labute approximate surface area is 205 Å². The van der Waals surface area contributed by atoms with E-state index in [9.17, 15) is 4.91 Å². The van der Waals surface area contributed by atoms with E-state index in [-0.39, 0.29) is 0 Å². The number of hydrogen-bond donors (Lipinski definition) is 1. The number of piperidine rings is 1. The van der Waals surface area contributed by atoms with Crippen LogP contribution >= 0.6 is 23.3 Å². The first-order chi connectivity index (χ1) is 16.8. The molecule has 176 valence electrons. The predicted molar refractivity (Wildman–Crippen MR) is 136 cm³/mol. The smallest absolute Gasteiger partial charge is 0.162 e. The minimum atomic E-state index is 0.420. The summed E-state index contributed by atoms with van der Waals surface area (Å²) in [6.07, 6.45) is 3.87. The maximum Gasteiger partial charge on any atom is 0.162 e. The van der Waals surface area contributed by atoms with Crippen molar-refractivity contribution in [1.29, 1.82) is 0 Å². The number of ether oxygens (including phenoxy) is 1. The number of rotatable bonds is 6. The van der Waals surface area contributed by atoms with Gasteiger partial charge in [0.1, 0.15) is 0 Å². The lowest BCUT2D eigenvalue weighted by atomic mass is 9.99. The number of nitrogens with one attached hydrogen (secondary N) is 1. The third-order valence-electron chi connectivity index (χ3n) is 6.49. The number of nitrogens with zero attached hydrogens (tertiary/aromatic N) is 6. The van der Waals surface area contributed by atoms with Gasteiger partial charge in [0.15, 0.2) is 11.6 Å². The summed E-state index contributed by atoms with van der Waals surface area (Å²) in [6, 6.07) is 8.27. The second kappa shape index (κ2) is 9.57. The van der Waals surface area contributed by atoms with Crippen LogP contribution in [-0.2, 0) is 4.74 Å². The van der Waals surface area contributed by atoms with E-state index in [1.807, 2.05) is 18.3 Å². The summed E-state index contributed by atoms with van der Waals surface area (Å²) in [5.74, 6) is 2.12. The summed E-state index contributed by atoms with van der Waals surface area (Å²) in [7, 11) is 0. The SMILES string of the molecule is O=NCC1CCN(Sc2cc3nc(-c4cccc5[nH]ncc45)nc(N4CCOCC4)c3s2)CC1. The fourth-order valence-electron chi connectivity index (χ4n) is 4.63. The molecular formula is C23H25N7O2S2. The minimum Gasteiger partial charge on any atom is -0.378 e. The monoisotopic (exact) mass is 495 g/mol. The van der Waals surface area contributed by atoms with Gasteiger partial charge < -0.3 is 9.64 Å². The highest BCUT2D eigenvalue weighted by Crippen LogP contribution is 2.41. The summed E-state index contributed by atoms with van der Waals surface area (Å²) in [5, 5.41) is 11.4. The van der Waals surface area contributed by atoms with Gasteiger partial charge in [-0.2, -0.15) is 10.0 Å². The zero-order valence-electron chi connectivity index (χ0n) is 18.6. The summed E-state index contributed by atoms with van der Waals surface area (Å²) >= 11 is 3.55. The third kappa shape index (κ3) is 4.28. The van der Waals surface area contributed by atoms with Gasteiger partial charge in [-0.25, -0.2) is 14.3 Å². The van der Waals surface area contributed by atoms with E-state index in [0.29, 0.717) is 25.7 Å². The Bertz CT molecular complexity index is 1310. The van der Waals surface area contributed by atoms with Crippen molar-refractivity contribution in [3.05, 3.63) is 35.4 Å². The van der Waals surface area contributed by atoms with Gasteiger partial charge in [0.05, 0.1) is 45.9 Å². The molecule has 0 spiro atoms. The van der Waals surface area contributed by atoms with Gasteiger partial charge in [0.2, 0.25) is 0 Å². The van der Waals surface area contributed by atoms with Crippen LogP contribution < -0.4 is 4.90 Å². The Morgan fingerprint density at radius 2 is 2.03 bits per heavy atom. The van der Waals surface area contributed by atoms with Crippen LogP contribution in [0, 0.1) is 10.8 Å². The van der Waals surface area contributed by atoms with E-state index in [1.165, 1.54) is 4.21 Å². The van der Waals surface area contributed by atoms with Crippen LogP contribution in [0.1, 0.15) is 12.8 Å². The number of aromatic nitrogens is 4. The molecule has 11 heteroatoms. The molecule has 0 unspecified atom stereocenters. The Kier molecular flexibility index (Phi) is 6.16. The van der Waals surface area contributed by atoms with E-state index >= 15 is 0 Å². The second-order valence-corrected chi connectivity index (χ2v) is 11.1. The highest BCUT2D eigenvalue weighted by molar-refractivity contribution is 7.99. The molecule has 1 N–H and O–H groups in total. The summed E-state index contributed by atoms with van der Waals surface area (Å²) < 4.78 is 10.3.